The zero-order valence-corrected chi connectivity index (χ0v) is 16.4. The fourth-order valence-corrected chi connectivity index (χ4v) is 4.44. The molecule has 1 aliphatic heterocycles. The molecule has 0 saturated carbocycles. The maximum atomic E-state index is 12.9. The molecule has 6 heteroatoms. The van der Waals surface area contributed by atoms with Crippen molar-refractivity contribution in [3.05, 3.63) is 40.1 Å². The van der Waals surface area contributed by atoms with Crippen molar-refractivity contribution in [2.24, 2.45) is 5.92 Å². The molecule has 1 fully saturated rings. The SMILES string of the molecule is Cc1ncsc1CN(C)CC1CCN(C(=O)c2cccn2C(C)C)C1. The zero-order chi connectivity index (χ0) is 18.0. The number of amides is 1. The maximum Gasteiger partial charge on any atom is 0.270 e. The van der Waals surface area contributed by atoms with E-state index in [2.05, 4.69) is 42.3 Å². The van der Waals surface area contributed by atoms with E-state index < -0.39 is 0 Å². The Morgan fingerprint density at radius 2 is 2.28 bits per heavy atom. The van der Waals surface area contributed by atoms with Crippen molar-refractivity contribution in [3.63, 3.8) is 0 Å². The van der Waals surface area contributed by atoms with E-state index in [9.17, 15) is 4.79 Å². The summed E-state index contributed by atoms with van der Waals surface area (Å²) in [6.45, 7) is 9.97. The van der Waals surface area contributed by atoms with Crippen molar-refractivity contribution in [3.8, 4) is 0 Å². The van der Waals surface area contributed by atoms with Crippen LogP contribution < -0.4 is 0 Å². The maximum absolute atomic E-state index is 12.9. The third-order valence-corrected chi connectivity index (χ3v) is 5.88. The van der Waals surface area contributed by atoms with Gasteiger partial charge in [0.1, 0.15) is 5.69 Å². The summed E-state index contributed by atoms with van der Waals surface area (Å²) in [5.74, 6) is 0.715. The van der Waals surface area contributed by atoms with Gasteiger partial charge in [0.25, 0.3) is 5.91 Å². The Morgan fingerprint density at radius 1 is 1.48 bits per heavy atom. The van der Waals surface area contributed by atoms with Gasteiger partial charge < -0.3 is 14.4 Å². The van der Waals surface area contributed by atoms with E-state index in [0.29, 0.717) is 12.0 Å². The molecule has 3 heterocycles. The number of likely N-dealkylation sites (tertiary alicyclic amines) is 1. The molecular weight excluding hydrogens is 332 g/mol. The molecule has 1 unspecified atom stereocenters. The normalized spacial score (nSPS) is 17.8. The molecule has 0 bridgehead atoms. The van der Waals surface area contributed by atoms with Crippen LogP contribution in [0.1, 0.15) is 47.4 Å². The summed E-state index contributed by atoms with van der Waals surface area (Å²) in [5, 5.41) is 0. The molecule has 1 atom stereocenters. The summed E-state index contributed by atoms with van der Waals surface area (Å²) in [6.07, 6.45) is 3.08. The van der Waals surface area contributed by atoms with E-state index in [4.69, 9.17) is 0 Å². The van der Waals surface area contributed by atoms with Gasteiger partial charge in [0, 0.05) is 43.3 Å². The quantitative estimate of drug-likeness (QED) is 0.792. The van der Waals surface area contributed by atoms with Gasteiger partial charge in [-0.25, -0.2) is 4.98 Å². The van der Waals surface area contributed by atoms with Crippen LogP contribution in [0, 0.1) is 12.8 Å². The standard InChI is InChI=1S/C19H28N4OS/c1-14(2)23-8-5-6-17(23)19(24)22-9-7-16(11-22)10-21(4)12-18-15(3)20-13-25-18/h5-6,8,13-14,16H,7,9-12H2,1-4H3. The molecule has 2 aromatic heterocycles. The van der Waals surface area contributed by atoms with Gasteiger partial charge in [-0.2, -0.15) is 0 Å². The number of rotatable bonds is 6. The summed E-state index contributed by atoms with van der Waals surface area (Å²) >= 11 is 1.72. The molecule has 0 N–H and O–H groups in total. The summed E-state index contributed by atoms with van der Waals surface area (Å²) in [7, 11) is 2.16. The van der Waals surface area contributed by atoms with Crippen LogP contribution in [0.15, 0.2) is 23.8 Å². The van der Waals surface area contributed by atoms with Crippen LogP contribution in [-0.4, -0.2) is 51.9 Å². The minimum Gasteiger partial charge on any atom is -0.341 e. The highest BCUT2D eigenvalue weighted by Gasteiger charge is 2.29. The van der Waals surface area contributed by atoms with E-state index in [0.717, 1.165) is 44.0 Å². The van der Waals surface area contributed by atoms with Gasteiger partial charge in [0.05, 0.1) is 11.2 Å². The predicted octanol–water partition coefficient (Wildman–Crippen LogP) is 3.43. The molecule has 3 rings (SSSR count). The van der Waals surface area contributed by atoms with Crippen LogP contribution in [-0.2, 0) is 6.54 Å². The molecule has 0 spiro atoms. The fraction of sp³-hybridized carbons (Fsp3) is 0.579. The summed E-state index contributed by atoms with van der Waals surface area (Å²) < 4.78 is 2.06. The number of carbonyl (C=O) groups excluding carboxylic acids is 1. The molecule has 1 aliphatic rings. The minimum atomic E-state index is 0.169. The number of aromatic nitrogens is 2. The van der Waals surface area contributed by atoms with Crippen LogP contribution >= 0.6 is 11.3 Å². The van der Waals surface area contributed by atoms with Crippen molar-refractivity contribution in [1.29, 1.82) is 0 Å². The molecule has 25 heavy (non-hydrogen) atoms. The van der Waals surface area contributed by atoms with Crippen LogP contribution in [0.2, 0.25) is 0 Å². The molecule has 0 radical (unpaired) electrons. The zero-order valence-electron chi connectivity index (χ0n) is 15.6. The number of nitrogens with zero attached hydrogens (tertiary/aromatic N) is 4. The Hall–Kier alpha value is -1.66. The lowest BCUT2D eigenvalue weighted by molar-refractivity contribution is 0.0772. The van der Waals surface area contributed by atoms with Crippen LogP contribution in [0.4, 0.5) is 0 Å². The first kappa shape index (κ1) is 18.1. The van der Waals surface area contributed by atoms with Crippen molar-refractivity contribution >= 4 is 17.2 Å². The average Bonchev–Trinajstić information content (AvgIpc) is 3.28. The molecule has 0 aliphatic carbocycles. The molecule has 1 saturated heterocycles. The second-order valence-corrected chi connectivity index (χ2v) is 8.30. The van der Waals surface area contributed by atoms with Gasteiger partial charge in [0.15, 0.2) is 0 Å². The van der Waals surface area contributed by atoms with Gasteiger partial charge in [-0.15, -0.1) is 11.3 Å². The van der Waals surface area contributed by atoms with Crippen LogP contribution in [0.5, 0.6) is 0 Å². The predicted molar refractivity (Wildman–Crippen MR) is 102 cm³/mol. The van der Waals surface area contributed by atoms with Gasteiger partial charge in [-0.05, 0) is 52.3 Å². The van der Waals surface area contributed by atoms with Crippen molar-refractivity contribution in [2.75, 3.05) is 26.7 Å². The Morgan fingerprint density at radius 3 is 2.96 bits per heavy atom. The van der Waals surface area contributed by atoms with Crippen molar-refractivity contribution < 1.29 is 4.79 Å². The Bertz CT molecular complexity index is 721. The third kappa shape index (κ3) is 4.12. The molecule has 0 aromatic carbocycles. The van der Waals surface area contributed by atoms with E-state index in [1.54, 1.807) is 11.3 Å². The van der Waals surface area contributed by atoms with Gasteiger partial charge in [0.2, 0.25) is 0 Å². The Labute approximate surface area is 154 Å². The van der Waals surface area contributed by atoms with Gasteiger partial charge >= 0.3 is 0 Å². The first-order valence-electron chi connectivity index (χ1n) is 8.99. The molecular formula is C19H28N4OS. The van der Waals surface area contributed by atoms with E-state index >= 15 is 0 Å². The highest BCUT2D eigenvalue weighted by atomic mass is 32.1. The number of carbonyl (C=O) groups is 1. The first-order valence-corrected chi connectivity index (χ1v) is 9.87. The lowest BCUT2D eigenvalue weighted by atomic mass is 10.1. The Balaban J connectivity index is 1.55. The molecule has 2 aromatic rings. The summed E-state index contributed by atoms with van der Waals surface area (Å²) in [6, 6.07) is 4.21. The third-order valence-electron chi connectivity index (χ3n) is 4.96. The first-order chi connectivity index (χ1) is 12.0. The monoisotopic (exact) mass is 360 g/mol. The van der Waals surface area contributed by atoms with Gasteiger partial charge in [-0.1, -0.05) is 0 Å². The highest BCUT2D eigenvalue weighted by molar-refractivity contribution is 7.09. The smallest absolute Gasteiger partial charge is 0.270 e. The summed E-state index contributed by atoms with van der Waals surface area (Å²) in [4.78, 5) is 22.9. The largest absolute Gasteiger partial charge is 0.341 e. The number of aryl methyl sites for hydroxylation is 1. The average molecular weight is 361 g/mol. The lowest BCUT2D eigenvalue weighted by Gasteiger charge is -2.22. The molecule has 136 valence electrons. The lowest BCUT2D eigenvalue weighted by Crippen LogP contribution is -2.32. The van der Waals surface area contributed by atoms with Crippen molar-refractivity contribution in [2.45, 2.75) is 39.8 Å². The minimum absolute atomic E-state index is 0.169. The Kier molecular flexibility index (Phi) is 5.59. The molecule has 1 amide bonds. The molecule has 5 nitrogen and oxygen atoms in total. The van der Waals surface area contributed by atoms with Crippen LogP contribution in [0.25, 0.3) is 0 Å². The van der Waals surface area contributed by atoms with Crippen LogP contribution in [0.3, 0.4) is 0 Å². The number of hydrogen-bond acceptors (Lipinski definition) is 4. The van der Waals surface area contributed by atoms with Crippen molar-refractivity contribution in [1.82, 2.24) is 19.4 Å². The second kappa shape index (κ2) is 7.70. The number of hydrogen-bond donors (Lipinski definition) is 0. The second-order valence-electron chi connectivity index (χ2n) is 7.36. The van der Waals surface area contributed by atoms with Gasteiger partial charge in [-0.3, -0.25) is 4.79 Å². The fourth-order valence-electron chi connectivity index (χ4n) is 3.58. The number of thiazole rings is 1. The topological polar surface area (TPSA) is 41.4 Å². The van der Waals surface area contributed by atoms with E-state index in [1.807, 2.05) is 28.7 Å². The van der Waals surface area contributed by atoms with E-state index in [1.165, 1.54) is 4.88 Å². The summed E-state index contributed by atoms with van der Waals surface area (Å²) in [5.41, 5.74) is 3.86. The highest BCUT2D eigenvalue weighted by Crippen LogP contribution is 2.22. The van der Waals surface area contributed by atoms with E-state index in [-0.39, 0.29) is 5.91 Å².